The summed E-state index contributed by atoms with van der Waals surface area (Å²) >= 11 is 0. The van der Waals surface area contributed by atoms with E-state index in [2.05, 4.69) is 14.9 Å². The maximum atomic E-state index is 12.7. The van der Waals surface area contributed by atoms with Gasteiger partial charge in [-0.05, 0) is 57.8 Å². The monoisotopic (exact) mass is 453 g/mol. The zero-order chi connectivity index (χ0) is 22.3. The summed E-state index contributed by atoms with van der Waals surface area (Å²) < 4.78 is 33.9. The summed E-state index contributed by atoms with van der Waals surface area (Å²) in [5, 5.41) is 12.7. The molecule has 1 amide bonds. The van der Waals surface area contributed by atoms with E-state index in [9.17, 15) is 18.3 Å². The minimum Gasteiger partial charge on any atom is -0.394 e. The van der Waals surface area contributed by atoms with Crippen LogP contribution in [0.5, 0.6) is 0 Å². The first kappa shape index (κ1) is 24.1. The third kappa shape index (κ3) is 7.25. The average molecular weight is 454 g/mol. The molecule has 0 aliphatic carbocycles. The molecule has 31 heavy (non-hydrogen) atoms. The van der Waals surface area contributed by atoms with Crippen LogP contribution >= 0.6 is 0 Å². The smallest absolute Gasteiger partial charge is 0.240 e. The summed E-state index contributed by atoms with van der Waals surface area (Å²) in [7, 11) is -3.71. The number of likely N-dealkylation sites (tertiary alicyclic amines) is 1. The van der Waals surface area contributed by atoms with Crippen LogP contribution in [0.1, 0.15) is 44.1 Å². The molecule has 3 N–H and O–H groups in total. The van der Waals surface area contributed by atoms with E-state index in [4.69, 9.17) is 4.74 Å². The van der Waals surface area contributed by atoms with E-state index >= 15 is 0 Å². The van der Waals surface area contributed by atoms with Gasteiger partial charge in [0, 0.05) is 13.1 Å². The van der Waals surface area contributed by atoms with Crippen molar-refractivity contribution in [3.63, 3.8) is 0 Å². The van der Waals surface area contributed by atoms with E-state index in [1.807, 2.05) is 6.92 Å². The fourth-order valence-electron chi connectivity index (χ4n) is 4.22. The summed E-state index contributed by atoms with van der Waals surface area (Å²) in [5.41, 5.74) is 0.977. The second-order valence-electron chi connectivity index (χ2n) is 8.55. The van der Waals surface area contributed by atoms with Gasteiger partial charge >= 0.3 is 0 Å². The highest BCUT2D eigenvalue weighted by Gasteiger charge is 2.34. The molecule has 2 fully saturated rings. The summed E-state index contributed by atoms with van der Waals surface area (Å²) in [6.45, 7) is 5.26. The standard InChI is InChI=1S/C22H35N3O5S/c1-17-5-8-19(9-6-17)31(28,29)24-20-10-7-18(30-21(20)16-26)15-22(27)23-11-14-25-12-3-2-4-13-25/h5-6,8-9,18,20-21,24,26H,2-4,7,10-16H2,1H3,(H,23,27)/t18-,20+,21+/m1/s1. The van der Waals surface area contributed by atoms with Gasteiger partial charge in [-0.2, -0.15) is 0 Å². The number of nitrogens with one attached hydrogen (secondary N) is 2. The fourth-order valence-corrected chi connectivity index (χ4v) is 5.52. The van der Waals surface area contributed by atoms with Crippen molar-refractivity contribution in [2.45, 2.75) is 68.6 Å². The van der Waals surface area contributed by atoms with Crippen LogP contribution in [0, 0.1) is 6.92 Å². The molecule has 3 atom stereocenters. The molecule has 2 heterocycles. The van der Waals surface area contributed by atoms with Gasteiger partial charge in [-0.15, -0.1) is 0 Å². The molecule has 8 nitrogen and oxygen atoms in total. The minimum absolute atomic E-state index is 0.0719. The normalized spacial score (nSPS) is 25.3. The summed E-state index contributed by atoms with van der Waals surface area (Å²) in [4.78, 5) is 14.8. The molecule has 0 spiro atoms. The molecular weight excluding hydrogens is 418 g/mol. The number of aryl methyl sites for hydroxylation is 1. The van der Waals surface area contributed by atoms with E-state index in [0.29, 0.717) is 19.4 Å². The van der Waals surface area contributed by atoms with Crippen LogP contribution in [0.25, 0.3) is 0 Å². The zero-order valence-electron chi connectivity index (χ0n) is 18.3. The molecule has 2 aliphatic heterocycles. The maximum absolute atomic E-state index is 12.7. The lowest BCUT2D eigenvalue weighted by atomic mass is 9.98. The molecule has 174 valence electrons. The van der Waals surface area contributed by atoms with Gasteiger partial charge < -0.3 is 20.1 Å². The topological polar surface area (TPSA) is 108 Å². The van der Waals surface area contributed by atoms with Crippen molar-refractivity contribution in [3.8, 4) is 0 Å². The summed E-state index contributed by atoms with van der Waals surface area (Å²) in [6.07, 6.45) is 4.00. The number of nitrogens with zero attached hydrogens (tertiary/aromatic N) is 1. The number of benzene rings is 1. The highest BCUT2D eigenvalue weighted by Crippen LogP contribution is 2.23. The quantitative estimate of drug-likeness (QED) is 0.518. The number of sulfonamides is 1. The van der Waals surface area contributed by atoms with Gasteiger partial charge in [0.1, 0.15) is 0 Å². The van der Waals surface area contributed by atoms with Gasteiger partial charge in [-0.25, -0.2) is 13.1 Å². The molecule has 1 aromatic carbocycles. The van der Waals surface area contributed by atoms with Crippen molar-refractivity contribution in [3.05, 3.63) is 29.8 Å². The van der Waals surface area contributed by atoms with Gasteiger partial charge in [0.05, 0.1) is 36.2 Å². The first-order chi connectivity index (χ1) is 14.9. The van der Waals surface area contributed by atoms with Crippen LogP contribution in [0.15, 0.2) is 29.2 Å². The van der Waals surface area contributed by atoms with Crippen molar-refractivity contribution < 1.29 is 23.1 Å². The Morgan fingerprint density at radius 2 is 1.87 bits per heavy atom. The number of carbonyl (C=O) groups excluding carboxylic acids is 1. The predicted octanol–water partition coefficient (Wildman–Crippen LogP) is 1.17. The first-order valence-corrected chi connectivity index (χ1v) is 12.7. The number of rotatable bonds is 9. The van der Waals surface area contributed by atoms with Crippen molar-refractivity contribution in [1.29, 1.82) is 0 Å². The van der Waals surface area contributed by atoms with Gasteiger partial charge in [0.15, 0.2) is 0 Å². The van der Waals surface area contributed by atoms with Crippen LogP contribution < -0.4 is 10.0 Å². The fraction of sp³-hybridized carbons (Fsp3) is 0.682. The van der Waals surface area contributed by atoms with E-state index in [1.54, 1.807) is 24.3 Å². The van der Waals surface area contributed by atoms with Crippen molar-refractivity contribution >= 4 is 15.9 Å². The number of hydrogen-bond acceptors (Lipinski definition) is 6. The summed E-state index contributed by atoms with van der Waals surface area (Å²) in [5.74, 6) is -0.0719. The van der Waals surface area contributed by atoms with Gasteiger partial charge in [-0.3, -0.25) is 4.79 Å². The predicted molar refractivity (Wildman–Crippen MR) is 118 cm³/mol. The molecule has 0 radical (unpaired) electrons. The number of carbonyl (C=O) groups is 1. The average Bonchev–Trinajstić information content (AvgIpc) is 2.75. The van der Waals surface area contributed by atoms with Gasteiger partial charge in [0.2, 0.25) is 15.9 Å². The maximum Gasteiger partial charge on any atom is 0.240 e. The Labute approximate surface area is 185 Å². The summed E-state index contributed by atoms with van der Waals surface area (Å²) in [6, 6.07) is 6.08. The lowest BCUT2D eigenvalue weighted by Crippen LogP contribution is -2.51. The third-order valence-corrected chi connectivity index (χ3v) is 7.55. The highest BCUT2D eigenvalue weighted by molar-refractivity contribution is 7.89. The van der Waals surface area contributed by atoms with E-state index in [0.717, 1.165) is 25.2 Å². The Morgan fingerprint density at radius 3 is 2.55 bits per heavy atom. The number of aliphatic hydroxyl groups excluding tert-OH is 1. The second-order valence-corrected chi connectivity index (χ2v) is 10.3. The highest BCUT2D eigenvalue weighted by atomic mass is 32.2. The van der Waals surface area contributed by atoms with Crippen molar-refractivity contribution in [2.24, 2.45) is 0 Å². The minimum atomic E-state index is -3.71. The van der Waals surface area contributed by atoms with Crippen molar-refractivity contribution in [2.75, 3.05) is 32.8 Å². The lowest BCUT2D eigenvalue weighted by molar-refractivity contribution is -0.130. The Kier molecular flexibility index (Phi) is 8.85. The Balaban J connectivity index is 1.45. The Morgan fingerprint density at radius 1 is 1.16 bits per heavy atom. The SMILES string of the molecule is Cc1ccc(S(=O)(=O)N[C@H]2CC[C@H](CC(=O)NCCN3CCCCC3)O[C@H]2CO)cc1. The number of ether oxygens (including phenoxy) is 1. The number of amides is 1. The van der Waals surface area contributed by atoms with E-state index in [-0.39, 0.29) is 29.9 Å². The number of aliphatic hydroxyl groups is 1. The molecule has 0 saturated carbocycles. The molecule has 0 bridgehead atoms. The molecule has 9 heteroatoms. The lowest BCUT2D eigenvalue weighted by Gasteiger charge is -2.35. The number of hydrogen-bond donors (Lipinski definition) is 3. The van der Waals surface area contributed by atoms with Gasteiger partial charge in [0.25, 0.3) is 0 Å². The van der Waals surface area contributed by atoms with Crippen LogP contribution in [-0.4, -0.2) is 75.4 Å². The molecule has 0 unspecified atom stereocenters. The van der Waals surface area contributed by atoms with E-state index < -0.39 is 22.2 Å². The van der Waals surface area contributed by atoms with Crippen LogP contribution in [0.4, 0.5) is 0 Å². The Bertz CT molecular complexity index is 809. The van der Waals surface area contributed by atoms with Gasteiger partial charge in [-0.1, -0.05) is 24.1 Å². The third-order valence-electron chi connectivity index (χ3n) is 6.05. The number of piperidine rings is 1. The largest absolute Gasteiger partial charge is 0.394 e. The molecular formula is C22H35N3O5S. The molecule has 0 aromatic heterocycles. The molecule has 1 aromatic rings. The Hall–Kier alpha value is -1.52. The molecule has 2 aliphatic rings. The molecule has 2 saturated heterocycles. The second kappa shape index (κ2) is 11.4. The zero-order valence-corrected chi connectivity index (χ0v) is 19.1. The van der Waals surface area contributed by atoms with Crippen molar-refractivity contribution in [1.82, 2.24) is 14.9 Å². The molecule has 3 rings (SSSR count). The first-order valence-electron chi connectivity index (χ1n) is 11.2. The van der Waals surface area contributed by atoms with E-state index in [1.165, 1.54) is 19.3 Å². The van der Waals surface area contributed by atoms with Crippen LogP contribution in [0.2, 0.25) is 0 Å². The van der Waals surface area contributed by atoms with Crippen LogP contribution in [0.3, 0.4) is 0 Å². The van der Waals surface area contributed by atoms with Crippen LogP contribution in [-0.2, 0) is 19.6 Å².